The highest BCUT2D eigenvalue weighted by Gasteiger charge is 2.36. The smallest absolute Gasteiger partial charge is 0.280 e. The van der Waals surface area contributed by atoms with E-state index >= 15 is 0 Å². The van der Waals surface area contributed by atoms with E-state index in [9.17, 15) is 14.4 Å². The lowest BCUT2D eigenvalue weighted by Gasteiger charge is -2.16. The van der Waals surface area contributed by atoms with Crippen molar-refractivity contribution in [2.45, 2.75) is 0 Å². The number of rotatable bonds is 2. The summed E-state index contributed by atoms with van der Waals surface area (Å²) in [5.41, 5.74) is 3.27. The number of aromatic nitrogens is 2. The number of imide groups is 1. The topological polar surface area (TPSA) is 95.2 Å². The number of benzene rings is 2. The second-order valence-electron chi connectivity index (χ2n) is 5.36. The predicted molar refractivity (Wildman–Crippen MR) is 94.1 cm³/mol. The van der Waals surface area contributed by atoms with Gasteiger partial charge in [0.25, 0.3) is 17.4 Å². The Bertz CT molecular complexity index is 1090. The van der Waals surface area contributed by atoms with E-state index in [4.69, 9.17) is 12.2 Å². The number of para-hydroxylation sites is 1. The molecule has 0 atom stereocenters. The van der Waals surface area contributed by atoms with E-state index in [2.05, 4.69) is 15.4 Å². The number of hydrazine groups is 1. The van der Waals surface area contributed by atoms with Crippen LogP contribution in [0, 0.1) is 0 Å². The van der Waals surface area contributed by atoms with Crippen molar-refractivity contribution in [3.8, 4) is 0 Å². The van der Waals surface area contributed by atoms with Crippen molar-refractivity contribution >= 4 is 39.9 Å². The van der Waals surface area contributed by atoms with Gasteiger partial charge in [0.05, 0.1) is 22.0 Å². The molecule has 0 saturated carbocycles. The molecule has 25 heavy (non-hydrogen) atoms. The Balaban J connectivity index is 1.67. The molecule has 4 rings (SSSR count). The monoisotopic (exact) mass is 350 g/mol. The lowest BCUT2D eigenvalue weighted by atomic mass is 10.1. The van der Waals surface area contributed by atoms with Gasteiger partial charge < -0.3 is 4.98 Å². The minimum atomic E-state index is -0.508. The molecule has 122 valence electrons. The van der Waals surface area contributed by atoms with Crippen LogP contribution in [0.15, 0.2) is 53.3 Å². The molecule has 8 heteroatoms. The van der Waals surface area contributed by atoms with Crippen molar-refractivity contribution in [2.75, 3.05) is 0 Å². The normalized spacial score (nSPS) is 13.2. The van der Waals surface area contributed by atoms with Crippen molar-refractivity contribution in [1.29, 1.82) is 0 Å². The molecule has 1 aliphatic heterocycles. The van der Waals surface area contributed by atoms with Gasteiger partial charge in [0, 0.05) is 0 Å². The molecular weight excluding hydrogens is 340 g/mol. The van der Waals surface area contributed by atoms with Crippen molar-refractivity contribution in [3.63, 3.8) is 0 Å². The molecule has 0 spiro atoms. The molecule has 0 unspecified atom stereocenters. The van der Waals surface area contributed by atoms with Gasteiger partial charge in [-0.3, -0.25) is 19.8 Å². The second-order valence-corrected chi connectivity index (χ2v) is 5.77. The third-order valence-corrected chi connectivity index (χ3v) is 4.12. The lowest BCUT2D eigenvalue weighted by Crippen LogP contribution is -2.46. The van der Waals surface area contributed by atoms with Gasteiger partial charge in [0.1, 0.15) is 0 Å². The molecule has 2 N–H and O–H groups in total. The standard InChI is InChI=1S/C17H10N4O3S/c22-14-11-7-3-4-8-12(11)18-13(19-14)15(25)20-21-16(23)9-5-1-2-6-10(9)17(21)24/h1-8H,(H,20,25)(H,18,19,22). The van der Waals surface area contributed by atoms with Crippen LogP contribution < -0.4 is 11.0 Å². The molecular formula is C17H10N4O3S. The van der Waals surface area contributed by atoms with Crippen LogP contribution in [0.5, 0.6) is 0 Å². The second kappa shape index (κ2) is 5.60. The largest absolute Gasteiger partial charge is 0.304 e. The Labute approximate surface area is 146 Å². The molecule has 1 aliphatic rings. The number of amides is 2. The molecule has 0 saturated heterocycles. The average molecular weight is 350 g/mol. The average Bonchev–Trinajstić information content (AvgIpc) is 2.87. The van der Waals surface area contributed by atoms with E-state index in [1.165, 1.54) is 0 Å². The lowest BCUT2D eigenvalue weighted by molar-refractivity contribution is 0.0613. The number of aromatic amines is 1. The summed E-state index contributed by atoms with van der Waals surface area (Å²) in [5, 5.41) is 1.25. The Morgan fingerprint density at radius 3 is 2.24 bits per heavy atom. The third kappa shape index (κ3) is 2.39. The van der Waals surface area contributed by atoms with Gasteiger partial charge in [-0.05, 0) is 24.3 Å². The zero-order valence-electron chi connectivity index (χ0n) is 12.6. The van der Waals surface area contributed by atoms with Gasteiger partial charge in [0.2, 0.25) is 0 Å². The number of carbonyl (C=O) groups excluding carboxylic acids is 2. The fraction of sp³-hybridized carbons (Fsp3) is 0. The highest BCUT2D eigenvalue weighted by molar-refractivity contribution is 7.80. The first-order valence-corrected chi connectivity index (χ1v) is 7.75. The van der Waals surface area contributed by atoms with E-state index < -0.39 is 11.8 Å². The summed E-state index contributed by atoms with van der Waals surface area (Å²) in [6, 6.07) is 13.3. The zero-order valence-corrected chi connectivity index (χ0v) is 13.5. The number of nitrogens with one attached hydrogen (secondary N) is 2. The summed E-state index contributed by atoms with van der Waals surface area (Å²) in [5.74, 6) is -0.938. The summed E-state index contributed by atoms with van der Waals surface area (Å²) in [6.07, 6.45) is 0. The number of fused-ring (bicyclic) bond motifs is 2. The van der Waals surface area contributed by atoms with Crippen LogP contribution in [-0.4, -0.2) is 31.8 Å². The van der Waals surface area contributed by atoms with Crippen LogP contribution in [-0.2, 0) is 0 Å². The van der Waals surface area contributed by atoms with Crippen LogP contribution in [0.25, 0.3) is 10.9 Å². The number of hydrogen-bond acceptors (Lipinski definition) is 5. The molecule has 2 aromatic carbocycles. The van der Waals surface area contributed by atoms with Crippen LogP contribution in [0.2, 0.25) is 0 Å². The number of hydrogen-bond donors (Lipinski definition) is 2. The Morgan fingerprint density at radius 2 is 1.56 bits per heavy atom. The van der Waals surface area contributed by atoms with E-state index in [0.717, 1.165) is 5.01 Å². The highest BCUT2D eigenvalue weighted by Crippen LogP contribution is 2.20. The quantitative estimate of drug-likeness (QED) is 0.536. The molecule has 0 radical (unpaired) electrons. The maximum absolute atomic E-state index is 12.3. The molecule has 0 bridgehead atoms. The maximum Gasteiger partial charge on any atom is 0.280 e. The van der Waals surface area contributed by atoms with E-state index in [1.54, 1.807) is 48.5 Å². The van der Waals surface area contributed by atoms with Gasteiger partial charge in [-0.2, -0.15) is 5.01 Å². The van der Waals surface area contributed by atoms with E-state index in [1.807, 2.05) is 0 Å². The number of carbonyl (C=O) groups is 2. The Kier molecular flexibility index (Phi) is 3.40. The summed E-state index contributed by atoms with van der Waals surface area (Å²) < 4.78 is 0. The molecule has 0 aliphatic carbocycles. The summed E-state index contributed by atoms with van der Waals surface area (Å²) in [6.45, 7) is 0. The summed E-state index contributed by atoms with van der Waals surface area (Å²) >= 11 is 5.21. The SMILES string of the molecule is O=C1c2ccccc2C(=O)N1NC(=S)c1nc2ccccc2c(=O)[nH]1. The third-order valence-electron chi connectivity index (χ3n) is 3.84. The van der Waals surface area contributed by atoms with Gasteiger partial charge in [-0.1, -0.05) is 36.5 Å². The Hall–Kier alpha value is -3.39. The van der Waals surface area contributed by atoms with Crippen molar-refractivity contribution in [1.82, 2.24) is 20.4 Å². The fourth-order valence-corrected chi connectivity index (χ4v) is 2.83. The molecule has 2 heterocycles. The molecule has 2 amide bonds. The van der Waals surface area contributed by atoms with Gasteiger partial charge in [-0.25, -0.2) is 4.98 Å². The van der Waals surface area contributed by atoms with Crippen LogP contribution in [0.3, 0.4) is 0 Å². The first kappa shape index (κ1) is 15.2. The summed E-state index contributed by atoms with van der Waals surface area (Å²) in [7, 11) is 0. The first-order valence-electron chi connectivity index (χ1n) is 7.34. The number of nitrogens with zero attached hydrogens (tertiary/aromatic N) is 2. The molecule has 1 aromatic heterocycles. The highest BCUT2D eigenvalue weighted by atomic mass is 32.1. The first-order chi connectivity index (χ1) is 12.1. The van der Waals surface area contributed by atoms with E-state index in [0.29, 0.717) is 22.0 Å². The minimum absolute atomic E-state index is 0.0302. The molecule has 0 fully saturated rings. The maximum atomic E-state index is 12.3. The Morgan fingerprint density at radius 1 is 0.960 bits per heavy atom. The van der Waals surface area contributed by atoms with Gasteiger partial charge >= 0.3 is 0 Å². The van der Waals surface area contributed by atoms with E-state index in [-0.39, 0.29) is 16.4 Å². The zero-order chi connectivity index (χ0) is 17.6. The van der Waals surface area contributed by atoms with Gasteiger partial charge in [-0.15, -0.1) is 0 Å². The van der Waals surface area contributed by atoms with Crippen molar-refractivity contribution < 1.29 is 9.59 Å². The predicted octanol–water partition coefficient (Wildman–Crippen LogP) is 1.40. The van der Waals surface area contributed by atoms with Crippen LogP contribution in [0.4, 0.5) is 0 Å². The van der Waals surface area contributed by atoms with Crippen LogP contribution >= 0.6 is 12.2 Å². The molecule has 7 nitrogen and oxygen atoms in total. The van der Waals surface area contributed by atoms with Crippen molar-refractivity contribution in [3.05, 3.63) is 75.8 Å². The number of thiocarbonyl (C=S) groups is 1. The number of H-pyrrole nitrogens is 1. The molecule has 3 aromatic rings. The summed E-state index contributed by atoms with van der Waals surface area (Å²) in [4.78, 5) is 43.6. The minimum Gasteiger partial charge on any atom is -0.304 e. The van der Waals surface area contributed by atoms with Gasteiger partial charge in [0.15, 0.2) is 10.8 Å². The van der Waals surface area contributed by atoms with Crippen molar-refractivity contribution in [2.24, 2.45) is 0 Å². The fourth-order valence-electron chi connectivity index (χ4n) is 2.64. The van der Waals surface area contributed by atoms with Crippen LogP contribution in [0.1, 0.15) is 26.5 Å².